The van der Waals surface area contributed by atoms with E-state index in [1.54, 1.807) is 0 Å². The van der Waals surface area contributed by atoms with E-state index in [4.69, 9.17) is 5.11 Å². The predicted molar refractivity (Wildman–Crippen MR) is 22.5 cm³/mol. The van der Waals surface area contributed by atoms with Gasteiger partial charge in [0, 0.05) is 23.8 Å². The molecular weight excluding hydrogens is 132 g/mol. The zero-order valence-corrected chi connectivity index (χ0v) is 5.45. The first-order chi connectivity index (χ1) is 2.77. The van der Waals surface area contributed by atoms with E-state index < -0.39 is 5.97 Å². The summed E-state index contributed by atoms with van der Waals surface area (Å²) in [5, 5.41) is 7.91. The van der Waals surface area contributed by atoms with Crippen LogP contribution in [0.2, 0.25) is 0 Å². The summed E-state index contributed by atoms with van der Waals surface area (Å²) in [5.41, 5.74) is 0. The normalized spacial score (nSPS) is 7.00. The van der Waals surface area contributed by atoms with E-state index in [0.29, 0.717) is 6.42 Å². The molecule has 0 unspecified atom stereocenters. The standard InChI is InChI=1S/C4H8O2.Cr/c1-2-3-4(5)6;/h2-3H2,1H3,(H,5,6);. The number of carboxylic acid groups (broad SMARTS) is 1. The topological polar surface area (TPSA) is 37.3 Å². The summed E-state index contributed by atoms with van der Waals surface area (Å²) in [6.07, 6.45) is 1.02. The number of hydrogen-bond donors (Lipinski definition) is 1. The van der Waals surface area contributed by atoms with E-state index >= 15 is 0 Å². The largest absolute Gasteiger partial charge is 0.481 e. The van der Waals surface area contributed by atoms with Crippen LogP contribution in [-0.4, -0.2) is 11.1 Å². The molecule has 7 heavy (non-hydrogen) atoms. The van der Waals surface area contributed by atoms with Gasteiger partial charge in [-0.15, -0.1) is 0 Å². The molecule has 0 spiro atoms. The summed E-state index contributed by atoms with van der Waals surface area (Å²) < 4.78 is 0. The monoisotopic (exact) mass is 140 g/mol. The molecule has 0 rings (SSSR count). The van der Waals surface area contributed by atoms with Crippen LogP contribution in [0.15, 0.2) is 0 Å². The molecule has 0 aliphatic heterocycles. The van der Waals surface area contributed by atoms with Gasteiger partial charge in [0.2, 0.25) is 0 Å². The fraction of sp³-hybridized carbons (Fsp3) is 0.750. The summed E-state index contributed by atoms with van der Waals surface area (Å²) in [5.74, 6) is -0.711. The Kier molecular flexibility index (Phi) is 8.65. The summed E-state index contributed by atoms with van der Waals surface area (Å²) in [6, 6.07) is 0. The summed E-state index contributed by atoms with van der Waals surface area (Å²) in [6.45, 7) is 1.84. The fourth-order valence-corrected chi connectivity index (χ4v) is 0.214. The summed E-state index contributed by atoms with van der Waals surface area (Å²) in [4.78, 5) is 9.60. The quantitative estimate of drug-likeness (QED) is 0.617. The minimum Gasteiger partial charge on any atom is -0.481 e. The van der Waals surface area contributed by atoms with E-state index in [9.17, 15) is 4.79 Å². The van der Waals surface area contributed by atoms with Crippen molar-refractivity contribution in [2.24, 2.45) is 0 Å². The SMILES string of the molecule is CCCC(=O)O.[Cr]. The Morgan fingerprint density at radius 2 is 2.14 bits per heavy atom. The van der Waals surface area contributed by atoms with Gasteiger partial charge in [-0.05, 0) is 6.42 Å². The molecule has 0 bridgehead atoms. The van der Waals surface area contributed by atoms with Gasteiger partial charge < -0.3 is 5.11 Å². The molecule has 0 aliphatic rings. The van der Waals surface area contributed by atoms with Crippen molar-refractivity contribution in [3.63, 3.8) is 0 Å². The van der Waals surface area contributed by atoms with Gasteiger partial charge in [0.15, 0.2) is 0 Å². The Balaban J connectivity index is 0. The Bertz CT molecular complexity index is 53.7. The van der Waals surface area contributed by atoms with Crippen LogP contribution in [0.3, 0.4) is 0 Å². The third kappa shape index (κ3) is 10.7. The van der Waals surface area contributed by atoms with Gasteiger partial charge in [0.25, 0.3) is 0 Å². The minimum absolute atomic E-state index is 0. The second kappa shape index (κ2) is 6.00. The molecule has 0 saturated carbocycles. The van der Waals surface area contributed by atoms with Crippen molar-refractivity contribution in [3.8, 4) is 0 Å². The molecule has 0 radical (unpaired) electrons. The molecule has 0 aromatic rings. The Morgan fingerprint density at radius 1 is 1.71 bits per heavy atom. The molecule has 0 saturated heterocycles. The van der Waals surface area contributed by atoms with E-state index in [-0.39, 0.29) is 17.4 Å². The van der Waals surface area contributed by atoms with Crippen molar-refractivity contribution < 1.29 is 27.3 Å². The van der Waals surface area contributed by atoms with Crippen LogP contribution in [0.4, 0.5) is 0 Å². The zero-order valence-electron chi connectivity index (χ0n) is 4.18. The number of carboxylic acids is 1. The predicted octanol–water partition coefficient (Wildman–Crippen LogP) is 0.869. The number of carbonyl (C=O) groups is 1. The molecule has 0 aromatic carbocycles. The third-order valence-electron chi connectivity index (χ3n) is 0.464. The molecule has 0 fully saturated rings. The molecule has 42 valence electrons. The van der Waals surface area contributed by atoms with Crippen LogP contribution in [0.25, 0.3) is 0 Å². The van der Waals surface area contributed by atoms with Crippen molar-refractivity contribution in [3.05, 3.63) is 0 Å². The average molecular weight is 140 g/mol. The first kappa shape index (κ1) is 10.1. The molecule has 0 aromatic heterocycles. The average Bonchev–Trinajstić information content (AvgIpc) is 1.35. The van der Waals surface area contributed by atoms with E-state index in [1.165, 1.54) is 0 Å². The second-order valence-corrected chi connectivity index (χ2v) is 1.14. The van der Waals surface area contributed by atoms with Crippen LogP contribution >= 0.6 is 0 Å². The van der Waals surface area contributed by atoms with Crippen LogP contribution in [0, 0.1) is 0 Å². The van der Waals surface area contributed by atoms with Crippen molar-refractivity contribution >= 4 is 5.97 Å². The first-order valence-electron chi connectivity index (χ1n) is 1.99. The van der Waals surface area contributed by atoms with Crippen molar-refractivity contribution in [2.45, 2.75) is 19.8 Å². The van der Waals surface area contributed by atoms with Gasteiger partial charge in [-0.3, -0.25) is 4.79 Å². The molecule has 0 atom stereocenters. The van der Waals surface area contributed by atoms with Crippen LogP contribution in [0.1, 0.15) is 19.8 Å². The van der Waals surface area contributed by atoms with Gasteiger partial charge in [-0.2, -0.15) is 0 Å². The Labute approximate surface area is 53.7 Å². The van der Waals surface area contributed by atoms with Crippen molar-refractivity contribution in [1.82, 2.24) is 0 Å². The molecule has 3 heteroatoms. The molecule has 0 aliphatic carbocycles. The number of aliphatic carboxylic acids is 1. The first-order valence-corrected chi connectivity index (χ1v) is 1.99. The molecular formula is C4H8CrO2. The maximum absolute atomic E-state index is 9.60. The van der Waals surface area contributed by atoms with Gasteiger partial charge in [0.05, 0.1) is 0 Å². The van der Waals surface area contributed by atoms with Crippen LogP contribution in [-0.2, 0) is 22.2 Å². The van der Waals surface area contributed by atoms with Crippen LogP contribution in [0.5, 0.6) is 0 Å². The number of hydrogen-bond acceptors (Lipinski definition) is 1. The van der Waals surface area contributed by atoms with E-state index in [2.05, 4.69) is 0 Å². The smallest absolute Gasteiger partial charge is 0.303 e. The van der Waals surface area contributed by atoms with Crippen molar-refractivity contribution in [1.29, 1.82) is 0 Å². The molecule has 0 heterocycles. The van der Waals surface area contributed by atoms with E-state index in [0.717, 1.165) is 6.42 Å². The summed E-state index contributed by atoms with van der Waals surface area (Å²) in [7, 11) is 0. The summed E-state index contributed by atoms with van der Waals surface area (Å²) >= 11 is 0. The molecule has 0 amide bonds. The zero-order chi connectivity index (χ0) is 4.99. The minimum atomic E-state index is -0.711. The van der Waals surface area contributed by atoms with Gasteiger partial charge in [0.1, 0.15) is 0 Å². The maximum Gasteiger partial charge on any atom is 0.303 e. The van der Waals surface area contributed by atoms with Crippen LogP contribution < -0.4 is 0 Å². The molecule has 2 nitrogen and oxygen atoms in total. The number of rotatable bonds is 2. The van der Waals surface area contributed by atoms with Gasteiger partial charge in [-0.25, -0.2) is 0 Å². The van der Waals surface area contributed by atoms with Gasteiger partial charge in [-0.1, -0.05) is 6.92 Å². The van der Waals surface area contributed by atoms with Crippen molar-refractivity contribution in [2.75, 3.05) is 0 Å². The Morgan fingerprint density at radius 3 is 2.14 bits per heavy atom. The second-order valence-electron chi connectivity index (χ2n) is 1.14. The Hall–Kier alpha value is 0.00247. The van der Waals surface area contributed by atoms with E-state index in [1.807, 2.05) is 6.92 Å². The third-order valence-corrected chi connectivity index (χ3v) is 0.464. The van der Waals surface area contributed by atoms with Gasteiger partial charge >= 0.3 is 5.97 Å². The maximum atomic E-state index is 9.60. The fourth-order valence-electron chi connectivity index (χ4n) is 0.214. The molecule has 1 N–H and O–H groups in total.